The van der Waals surface area contributed by atoms with E-state index >= 15 is 0 Å². The van der Waals surface area contributed by atoms with Crippen molar-refractivity contribution >= 4 is 15.9 Å². The van der Waals surface area contributed by atoms with Crippen molar-refractivity contribution in [1.29, 1.82) is 0 Å². The third-order valence-corrected chi connectivity index (χ3v) is 3.05. The molecule has 1 fully saturated rings. The Bertz CT molecular complexity index is 336. The molecule has 1 amide bonds. The molecule has 1 atom stereocenters. The average Bonchev–Trinajstić information content (AvgIpc) is 2.28. The van der Waals surface area contributed by atoms with Crippen LogP contribution in [0.1, 0.15) is 6.42 Å². The molecule has 0 spiro atoms. The van der Waals surface area contributed by atoms with Gasteiger partial charge in [0.2, 0.25) is 15.9 Å². The summed E-state index contributed by atoms with van der Waals surface area (Å²) < 4.78 is 21.6. The quantitative estimate of drug-likeness (QED) is 0.634. The smallest absolute Gasteiger partial charge is 0.223 e. The Kier molecular flexibility index (Phi) is 3.28. The Morgan fingerprint density at radius 2 is 2.29 bits per heavy atom. The van der Waals surface area contributed by atoms with Crippen molar-refractivity contribution in [3.63, 3.8) is 0 Å². The maximum absolute atomic E-state index is 11.3. The lowest BCUT2D eigenvalue weighted by molar-refractivity contribution is -0.127. The number of nitrogens with zero attached hydrogens (tertiary/aromatic N) is 1. The van der Waals surface area contributed by atoms with Crippen molar-refractivity contribution in [3.05, 3.63) is 12.7 Å². The van der Waals surface area contributed by atoms with Crippen LogP contribution in [0.3, 0.4) is 0 Å². The molecule has 1 saturated heterocycles. The van der Waals surface area contributed by atoms with Gasteiger partial charge >= 0.3 is 0 Å². The molecule has 1 aliphatic heterocycles. The van der Waals surface area contributed by atoms with E-state index in [9.17, 15) is 13.2 Å². The third kappa shape index (κ3) is 3.12. The molecular formula is C8H14N2O3S. The number of nitrogens with two attached hydrogens (primary N) is 1. The van der Waals surface area contributed by atoms with Crippen LogP contribution < -0.4 is 5.14 Å². The minimum absolute atomic E-state index is 0.0291. The van der Waals surface area contributed by atoms with Gasteiger partial charge in [-0.15, -0.1) is 6.58 Å². The maximum Gasteiger partial charge on any atom is 0.223 e. The number of primary sulfonamides is 1. The molecule has 0 radical (unpaired) electrons. The lowest BCUT2D eigenvalue weighted by Gasteiger charge is -2.13. The van der Waals surface area contributed by atoms with Gasteiger partial charge in [-0.05, 0) is 0 Å². The van der Waals surface area contributed by atoms with Crippen molar-refractivity contribution in [2.24, 2.45) is 11.1 Å². The van der Waals surface area contributed by atoms with Gasteiger partial charge in [0.1, 0.15) is 0 Å². The molecule has 1 heterocycles. The summed E-state index contributed by atoms with van der Waals surface area (Å²) in [6.07, 6.45) is 1.89. The van der Waals surface area contributed by atoms with Crippen LogP contribution in [0, 0.1) is 5.92 Å². The minimum atomic E-state index is -3.47. The second kappa shape index (κ2) is 4.10. The van der Waals surface area contributed by atoms with Gasteiger partial charge in [-0.3, -0.25) is 4.79 Å². The van der Waals surface area contributed by atoms with Gasteiger partial charge in [0.25, 0.3) is 0 Å². The van der Waals surface area contributed by atoms with E-state index in [1.165, 1.54) is 0 Å². The van der Waals surface area contributed by atoms with Crippen LogP contribution in [-0.2, 0) is 14.8 Å². The second-order valence-electron chi connectivity index (χ2n) is 3.49. The first-order valence-corrected chi connectivity index (χ1v) is 6.03. The van der Waals surface area contributed by atoms with E-state index in [1.807, 2.05) is 0 Å². The first-order chi connectivity index (χ1) is 6.42. The molecule has 2 N–H and O–H groups in total. The van der Waals surface area contributed by atoms with Crippen molar-refractivity contribution in [1.82, 2.24) is 4.90 Å². The number of carbonyl (C=O) groups excluding carboxylic acids is 1. The summed E-state index contributed by atoms with van der Waals surface area (Å²) in [4.78, 5) is 12.9. The fourth-order valence-corrected chi connectivity index (χ4v) is 2.51. The van der Waals surface area contributed by atoms with Crippen LogP contribution in [0.25, 0.3) is 0 Å². The van der Waals surface area contributed by atoms with Crippen LogP contribution in [-0.4, -0.2) is 38.1 Å². The van der Waals surface area contributed by atoms with Crippen molar-refractivity contribution in [3.8, 4) is 0 Å². The molecule has 1 rings (SSSR count). The van der Waals surface area contributed by atoms with Crippen molar-refractivity contribution < 1.29 is 13.2 Å². The Balaban J connectivity index is 2.55. The van der Waals surface area contributed by atoms with Crippen LogP contribution in [0.5, 0.6) is 0 Å². The summed E-state index contributed by atoms with van der Waals surface area (Å²) >= 11 is 0. The first kappa shape index (κ1) is 11.2. The molecule has 5 nitrogen and oxygen atoms in total. The normalized spacial score (nSPS) is 22.8. The SMILES string of the molecule is C=CCN1CC(CS(N)(=O)=O)CC1=O. The zero-order valence-corrected chi connectivity index (χ0v) is 8.66. The summed E-state index contributed by atoms with van der Waals surface area (Å²) in [5, 5.41) is 4.90. The Hall–Kier alpha value is -0.880. The topological polar surface area (TPSA) is 80.5 Å². The Morgan fingerprint density at radius 3 is 2.79 bits per heavy atom. The Labute approximate surface area is 83.6 Å². The van der Waals surface area contributed by atoms with Crippen molar-refractivity contribution in [2.75, 3.05) is 18.8 Å². The highest BCUT2D eigenvalue weighted by atomic mass is 32.2. The number of hydrogen-bond donors (Lipinski definition) is 1. The van der Waals surface area contributed by atoms with Crippen molar-refractivity contribution in [2.45, 2.75) is 6.42 Å². The van der Waals surface area contributed by atoms with E-state index in [2.05, 4.69) is 6.58 Å². The highest BCUT2D eigenvalue weighted by molar-refractivity contribution is 7.89. The van der Waals surface area contributed by atoms with Gasteiger partial charge in [-0.25, -0.2) is 13.6 Å². The van der Waals surface area contributed by atoms with E-state index in [1.54, 1.807) is 11.0 Å². The molecule has 0 aromatic heterocycles. The van der Waals surface area contributed by atoms with Gasteiger partial charge in [0.05, 0.1) is 5.75 Å². The van der Waals surface area contributed by atoms with Gasteiger partial charge in [-0.2, -0.15) is 0 Å². The third-order valence-electron chi connectivity index (χ3n) is 2.11. The number of carbonyl (C=O) groups is 1. The largest absolute Gasteiger partial charge is 0.339 e. The minimum Gasteiger partial charge on any atom is -0.339 e. The molecule has 0 aliphatic carbocycles. The summed E-state index contributed by atoms with van der Waals surface area (Å²) in [5.41, 5.74) is 0. The van der Waals surface area contributed by atoms with E-state index in [-0.39, 0.29) is 24.0 Å². The van der Waals surface area contributed by atoms with Crippen LogP contribution in [0.15, 0.2) is 12.7 Å². The monoisotopic (exact) mass is 218 g/mol. The van der Waals surface area contributed by atoms with E-state index in [0.29, 0.717) is 13.1 Å². The van der Waals surface area contributed by atoms with Gasteiger partial charge < -0.3 is 4.90 Å². The first-order valence-electron chi connectivity index (χ1n) is 4.31. The molecule has 14 heavy (non-hydrogen) atoms. The van der Waals surface area contributed by atoms with E-state index in [4.69, 9.17) is 5.14 Å². The average molecular weight is 218 g/mol. The second-order valence-corrected chi connectivity index (χ2v) is 5.15. The predicted octanol–water partition coefficient (Wildman–Crippen LogP) is -0.691. The number of likely N-dealkylation sites (tertiary alicyclic amines) is 1. The summed E-state index contributed by atoms with van der Waals surface area (Å²) in [7, 11) is -3.47. The molecule has 1 unspecified atom stereocenters. The number of hydrogen-bond acceptors (Lipinski definition) is 3. The van der Waals surface area contributed by atoms with Crippen LogP contribution >= 0.6 is 0 Å². The lowest BCUT2D eigenvalue weighted by Crippen LogP contribution is -2.27. The summed E-state index contributed by atoms with van der Waals surface area (Å²) in [6.45, 7) is 4.45. The van der Waals surface area contributed by atoms with Gasteiger partial charge in [0, 0.05) is 25.4 Å². The molecule has 0 bridgehead atoms. The molecule has 6 heteroatoms. The lowest BCUT2D eigenvalue weighted by atomic mass is 10.1. The van der Waals surface area contributed by atoms with E-state index < -0.39 is 10.0 Å². The molecule has 0 aromatic rings. The zero-order chi connectivity index (χ0) is 10.8. The highest BCUT2D eigenvalue weighted by Crippen LogP contribution is 2.18. The fraction of sp³-hybridized carbons (Fsp3) is 0.625. The molecule has 1 aliphatic rings. The predicted molar refractivity (Wildman–Crippen MR) is 52.9 cm³/mol. The summed E-state index contributed by atoms with van der Waals surface area (Å²) in [6, 6.07) is 0. The highest BCUT2D eigenvalue weighted by Gasteiger charge is 2.30. The number of amides is 1. The molecule has 0 saturated carbocycles. The zero-order valence-electron chi connectivity index (χ0n) is 7.85. The summed E-state index contributed by atoms with van der Waals surface area (Å²) in [5.74, 6) is -0.317. The number of rotatable bonds is 4. The van der Waals surface area contributed by atoms with Gasteiger partial charge in [-0.1, -0.05) is 6.08 Å². The molecule has 80 valence electrons. The van der Waals surface area contributed by atoms with Crippen LogP contribution in [0.4, 0.5) is 0 Å². The maximum atomic E-state index is 11.3. The number of sulfonamides is 1. The van der Waals surface area contributed by atoms with E-state index in [0.717, 1.165) is 0 Å². The van der Waals surface area contributed by atoms with Crippen LogP contribution in [0.2, 0.25) is 0 Å². The fourth-order valence-electron chi connectivity index (χ4n) is 1.63. The van der Waals surface area contributed by atoms with Gasteiger partial charge in [0.15, 0.2) is 0 Å². The standard InChI is InChI=1S/C8H14N2O3S/c1-2-3-10-5-7(4-8(10)11)6-14(9,12)13/h2,7H,1,3-6H2,(H2,9,12,13). The molecular weight excluding hydrogens is 204 g/mol. The molecule has 0 aromatic carbocycles. The Morgan fingerprint density at radius 1 is 1.64 bits per heavy atom.